The molecule has 180 valence electrons. The molecular weight excluding hydrogens is 446 g/mol. The highest BCUT2D eigenvalue weighted by atomic mass is 15.1. The van der Waals surface area contributed by atoms with Crippen molar-refractivity contribution in [2.75, 3.05) is 4.90 Å². The number of rotatable bonds is 4. The van der Waals surface area contributed by atoms with E-state index in [9.17, 15) is 0 Å². The van der Waals surface area contributed by atoms with E-state index in [1.54, 1.807) is 0 Å². The van der Waals surface area contributed by atoms with Crippen molar-refractivity contribution in [1.82, 2.24) is 0 Å². The molecule has 0 unspecified atom stereocenters. The van der Waals surface area contributed by atoms with Crippen LogP contribution in [0.5, 0.6) is 0 Å². The Balaban J connectivity index is 1.75. The Labute approximate surface area is 219 Å². The number of nitrogens with zero attached hydrogens (tertiary/aromatic N) is 1. The maximum Gasteiger partial charge on any atom is 0.0546 e. The highest BCUT2D eigenvalue weighted by molar-refractivity contribution is 6.08. The normalized spacial score (nSPS) is 11.2. The largest absolute Gasteiger partial charge is 0.309 e. The number of hydrogen-bond acceptors (Lipinski definition) is 1. The van der Waals surface area contributed by atoms with Crippen molar-refractivity contribution >= 4 is 38.6 Å². The van der Waals surface area contributed by atoms with Gasteiger partial charge in [0.15, 0.2) is 0 Å². The van der Waals surface area contributed by atoms with Crippen LogP contribution in [0.2, 0.25) is 0 Å². The van der Waals surface area contributed by atoms with Crippen LogP contribution in [0.4, 0.5) is 17.1 Å². The molecule has 1 heteroatoms. The van der Waals surface area contributed by atoms with Gasteiger partial charge in [0.2, 0.25) is 0 Å². The molecule has 0 spiro atoms. The monoisotopic (exact) mass is 477 g/mol. The third-order valence-electron chi connectivity index (χ3n) is 7.57. The highest BCUT2D eigenvalue weighted by Crippen LogP contribution is 2.46. The summed E-state index contributed by atoms with van der Waals surface area (Å²) in [4.78, 5) is 2.45. The predicted molar refractivity (Wildman–Crippen MR) is 161 cm³/mol. The van der Waals surface area contributed by atoms with Gasteiger partial charge in [-0.15, -0.1) is 0 Å². The Hall–Kier alpha value is -4.36. The minimum atomic E-state index is 1.19. The molecule has 0 amide bonds. The van der Waals surface area contributed by atoms with E-state index in [2.05, 4.69) is 148 Å². The third-order valence-corrected chi connectivity index (χ3v) is 7.57. The molecule has 1 nitrogen and oxygen atoms in total. The van der Waals surface area contributed by atoms with Gasteiger partial charge in [-0.3, -0.25) is 0 Å². The molecule has 6 rings (SSSR count). The van der Waals surface area contributed by atoms with Crippen LogP contribution in [-0.4, -0.2) is 0 Å². The second-order valence-corrected chi connectivity index (χ2v) is 10.1. The zero-order chi connectivity index (χ0) is 25.5. The van der Waals surface area contributed by atoms with E-state index in [-0.39, 0.29) is 0 Å². The van der Waals surface area contributed by atoms with Crippen molar-refractivity contribution in [3.05, 3.63) is 138 Å². The Morgan fingerprint density at radius 2 is 1.00 bits per heavy atom. The lowest BCUT2D eigenvalue weighted by atomic mass is 9.90. The zero-order valence-corrected chi connectivity index (χ0v) is 21.9. The molecule has 6 aromatic rings. The Morgan fingerprint density at radius 1 is 0.405 bits per heavy atom. The Morgan fingerprint density at radius 3 is 1.70 bits per heavy atom. The van der Waals surface area contributed by atoms with Gasteiger partial charge >= 0.3 is 0 Å². The van der Waals surface area contributed by atoms with Gasteiger partial charge < -0.3 is 4.90 Å². The first-order valence-electron chi connectivity index (χ1n) is 13.0. The minimum absolute atomic E-state index is 1.19. The molecule has 0 aliphatic heterocycles. The van der Waals surface area contributed by atoms with Gasteiger partial charge in [-0.1, -0.05) is 91.0 Å². The number of fused-ring (bicyclic) bond motifs is 2. The van der Waals surface area contributed by atoms with E-state index in [0.717, 1.165) is 0 Å². The van der Waals surface area contributed by atoms with Gasteiger partial charge in [0, 0.05) is 16.9 Å². The van der Waals surface area contributed by atoms with Crippen LogP contribution in [-0.2, 0) is 0 Å². The molecule has 0 saturated heterocycles. The zero-order valence-electron chi connectivity index (χ0n) is 21.9. The van der Waals surface area contributed by atoms with Gasteiger partial charge in [0.1, 0.15) is 0 Å². The minimum Gasteiger partial charge on any atom is -0.309 e. The standard InChI is InChI=1S/C36H31N/c1-24-14-11-17-32-31(24)20-21-35(36(32)29-22-27(4)30-16-8-7-15-28(30)23-29)37(33-18-9-5-12-25(33)2)34-19-10-6-13-26(34)3/h5-23H,1-4H3. The molecule has 0 atom stereocenters. The summed E-state index contributed by atoms with van der Waals surface area (Å²) in [5.41, 5.74) is 11.2. The average molecular weight is 478 g/mol. The van der Waals surface area contributed by atoms with Gasteiger partial charge in [-0.25, -0.2) is 0 Å². The number of aryl methyl sites for hydroxylation is 4. The van der Waals surface area contributed by atoms with E-state index in [1.807, 2.05) is 0 Å². The van der Waals surface area contributed by atoms with Gasteiger partial charge in [0.25, 0.3) is 0 Å². The fraction of sp³-hybridized carbons (Fsp3) is 0.111. The molecule has 0 aliphatic carbocycles. The van der Waals surface area contributed by atoms with E-state index >= 15 is 0 Å². The number of benzene rings is 6. The van der Waals surface area contributed by atoms with Crippen molar-refractivity contribution in [2.24, 2.45) is 0 Å². The van der Waals surface area contributed by atoms with Crippen molar-refractivity contribution < 1.29 is 0 Å². The van der Waals surface area contributed by atoms with Crippen molar-refractivity contribution in [3.63, 3.8) is 0 Å². The fourth-order valence-corrected chi connectivity index (χ4v) is 5.66. The molecule has 0 aliphatic rings. The highest BCUT2D eigenvalue weighted by Gasteiger charge is 2.22. The lowest BCUT2D eigenvalue weighted by molar-refractivity contribution is 1.23. The van der Waals surface area contributed by atoms with E-state index in [1.165, 1.54) is 72.0 Å². The van der Waals surface area contributed by atoms with E-state index < -0.39 is 0 Å². The molecule has 0 bridgehead atoms. The van der Waals surface area contributed by atoms with Crippen molar-refractivity contribution in [3.8, 4) is 11.1 Å². The number of anilines is 3. The van der Waals surface area contributed by atoms with Crippen LogP contribution in [0.1, 0.15) is 22.3 Å². The molecule has 0 saturated carbocycles. The second-order valence-electron chi connectivity index (χ2n) is 10.1. The summed E-state index contributed by atoms with van der Waals surface area (Å²) in [5, 5.41) is 5.14. The van der Waals surface area contributed by atoms with Crippen LogP contribution >= 0.6 is 0 Å². The lowest BCUT2D eigenvalue weighted by Crippen LogP contribution is -2.14. The molecule has 0 heterocycles. The SMILES string of the molecule is Cc1ccccc1N(c1ccccc1C)c1ccc2c(C)cccc2c1-c1cc(C)c2ccccc2c1. The smallest absolute Gasteiger partial charge is 0.0546 e. The van der Waals surface area contributed by atoms with E-state index in [4.69, 9.17) is 0 Å². The van der Waals surface area contributed by atoms with Crippen LogP contribution in [0.25, 0.3) is 32.7 Å². The third kappa shape index (κ3) is 3.97. The Bertz CT molecular complexity index is 1730. The molecule has 0 radical (unpaired) electrons. The summed E-state index contributed by atoms with van der Waals surface area (Å²) >= 11 is 0. The predicted octanol–water partition coefficient (Wildman–Crippen LogP) is 10.4. The Kier molecular flexibility index (Phi) is 5.77. The number of para-hydroxylation sites is 2. The molecule has 37 heavy (non-hydrogen) atoms. The van der Waals surface area contributed by atoms with Gasteiger partial charge in [-0.05, 0) is 101 Å². The van der Waals surface area contributed by atoms with Crippen LogP contribution in [0, 0.1) is 27.7 Å². The topological polar surface area (TPSA) is 3.24 Å². The van der Waals surface area contributed by atoms with Crippen molar-refractivity contribution in [1.29, 1.82) is 0 Å². The first-order chi connectivity index (χ1) is 18.0. The van der Waals surface area contributed by atoms with Gasteiger partial charge in [-0.2, -0.15) is 0 Å². The van der Waals surface area contributed by atoms with Crippen LogP contribution in [0.15, 0.2) is 115 Å². The first kappa shape index (κ1) is 23.1. The number of hydrogen-bond donors (Lipinski definition) is 0. The first-order valence-corrected chi connectivity index (χ1v) is 13.0. The summed E-state index contributed by atoms with van der Waals surface area (Å²) in [6.45, 7) is 8.83. The fourth-order valence-electron chi connectivity index (χ4n) is 5.66. The maximum atomic E-state index is 2.45. The average Bonchev–Trinajstić information content (AvgIpc) is 2.91. The second kappa shape index (κ2) is 9.26. The van der Waals surface area contributed by atoms with Crippen LogP contribution in [0.3, 0.4) is 0 Å². The molecule has 0 aromatic heterocycles. The quantitative estimate of drug-likeness (QED) is 0.244. The van der Waals surface area contributed by atoms with E-state index in [0.29, 0.717) is 0 Å². The molecule has 6 aromatic carbocycles. The maximum absolute atomic E-state index is 2.45. The van der Waals surface area contributed by atoms with Crippen molar-refractivity contribution in [2.45, 2.75) is 27.7 Å². The summed E-state index contributed by atoms with van der Waals surface area (Å²) in [5.74, 6) is 0. The molecular formula is C36H31N. The van der Waals surface area contributed by atoms with Gasteiger partial charge in [0.05, 0.1) is 5.69 Å². The van der Waals surface area contributed by atoms with Crippen LogP contribution < -0.4 is 4.90 Å². The summed E-state index contributed by atoms with van der Waals surface area (Å²) in [7, 11) is 0. The summed E-state index contributed by atoms with van der Waals surface area (Å²) in [6, 6.07) is 42.1. The summed E-state index contributed by atoms with van der Waals surface area (Å²) < 4.78 is 0. The summed E-state index contributed by atoms with van der Waals surface area (Å²) in [6.07, 6.45) is 0. The molecule has 0 N–H and O–H groups in total. The lowest BCUT2D eigenvalue weighted by Gasteiger charge is -2.31. The molecule has 0 fully saturated rings.